The summed E-state index contributed by atoms with van der Waals surface area (Å²) < 4.78 is 11.0. The van der Waals surface area contributed by atoms with Gasteiger partial charge in [-0.25, -0.2) is 0 Å². The monoisotopic (exact) mass is 318 g/mol. The van der Waals surface area contributed by atoms with E-state index in [0.717, 1.165) is 39.2 Å². The van der Waals surface area contributed by atoms with Crippen LogP contribution in [0.5, 0.6) is 5.75 Å². The van der Waals surface area contributed by atoms with E-state index in [4.69, 9.17) is 9.47 Å². The second kappa shape index (κ2) is 10.2. The summed E-state index contributed by atoms with van der Waals surface area (Å²) in [5, 5.41) is 0. The Balaban J connectivity index is 2.49. The molecule has 3 nitrogen and oxygen atoms in total. The molecule has 1 aromatic carbocycles. The van der Waals surface area contributed by atoms with E-state index < -0.39 is 0 Å². The molecule has 0 aromatic heterocycles. The number of esters is 1. The first-order valence-corrected chi connectivity index (χ1v) is 9.49. The highest BCUT2D eigenvalue weighted by Gasteiger charge is 2.07. The number of hydrogen-bond donors (Lipinski definition) is 0. The summed E-state index contributed by atoms with van der Waals surface area (Å²) >= 11 is 0. The van der Waals surface area contributed by atoms with Gasteiger partial charge in [-0.3, -0.25) is 4.79 Å². The third kappa shape index (κ3) is 6.94. The second-order valence-electron chi connectivity index (χ2n) is 5.46. The number of carbonyl (C=O) groups is 1. The number of benzene rings is 1. The Labute approximate surface area is 136 Å². The van der Waals surface area contributed by atoms with Crippen LogP contribution in [-0.4, -0.2) is 21.6 Å². The summed E-state index contributed by atoms with van der Waals surface area (Å²) in [7, 11) is 0.961. The van der Waals surface area contributed by atoms with E-state index in [0.29, 0.717) is 13.0 Å². The molecule has 0 fully saturated rings. The summed E-state index contributed by atoms with van der Waals surface area (Å²) in [4.78, 5) is 11.7. The zero-order chi connectivity index (χ0) is 16.4. The van der Waals surface area contributed by atoms with Crippen LogP contribution in [0.2, 0.25) is 12.6 Å². The number of ether oxygens (including phenoxy) is 2. The predicted octanol–water partition coefficient (Wildman–Crippen LogP) is 4.50. The van der Waals surface area contributed by atoms with Gasteiger partial charge in [-0.05, 0) is 38.0 Å². The average Bonchev–Trinajstić information content (AvgIpc) is 2.50. The highest BCUT2D eigenvalue weighted by molar-refractivity contribution is 6.33. The van der Waals surface area contributed by atoms with Crippen LogP contribution in [0.3, 0.4) is 0 Å². The molecule has 0 heterocycles. The number of unbranched alkanes of at least 4 members (excludes halogenated alkanes) is 1. The Hall–Kier alpha value is -1.55. The van der Waals surface area contributed by atoms with Crippen molar-refractivity contribution in [3.8, 4) is 5.75 Å². The molecule has 0 amide bonds. The van der Waals surface area contributed by atoms with Crippen molar-refractivity contribution in [2.45, 2.75) is 58.4 Å². The van der Waals surface area contributed by atoms with E-state index in [2.05, 4.69) is 13.1 Å². The number of rotatable bonds is 10. The predicted molar refractivity (Wildman–Crippen MR) is 92.4 cm³/mol. The molecule has 2 radical (unpaired) electrons. The molecule has 0 aliphatic rings. The van der Waals surface area contributed by atoms with Crippen molar-refractivity contribution in [2.75, 3.05) is 0 Å². The third-order valence-corrected chi connectivity index (χ3v) is 3.97. The lowest BCUT2D eigenvalue weighted by Gasteiger charge is -2.13. The summed E-state index contributed by atoms with van der Waals surface area (Å²) in [6.45, 7) is 10.3. The largest absolute Gasteiger partial charge is 0.490 e. The lowest BCUT2D eigenvalue weighted by Crippen LogP contribution is -2.07. The van der Waals surface area contributed by atoms with Gasteiger partial charge in [0.05, 0.1) is 6.10 Å². The third-order valence-electron chi connectivity index (χ3n) is 3.11. The quantitative estimate of drug-likeness (QED) is 0.362. The van der Waals surface area contributed by atoms with Crippen molar-refractivity contribution < 1.29 is 14.3 Å². The maximum atomic E-state index is 11.7. The van der Waals surface area contributed by atoms with Gasteiger partial charge in [0.2, 0.25) is 0 Å². The normalized spacial score (nSPS) is 10.5. The first-order chi connectivity index (χ1) is 10.6. The average molecular weight is 318 g/mol. The smallest absolute Gasteiger partial charge is 0.306 e. The molecular weight excluding hydrogens is 292 g/mol. The molecule has 0 unspecified atom stereocenters. The van der Waals surface area contributed by atoms with Crippen molar-refractivity contribution >= 4 is 21.6 Å². The first kappa shape index (κ1) is 18.5. The van der Waals surface area contributed by atoms with Gasteiger partial charge in [0, 0.05) is 21.5 Å². The van der Waals surface area contributed by atoms with Gasteiger partial charge < -0.3 is 9.47 Å². The van der Waals surface area contributed by atoms with E-state index in [-0.39, 0.29) is 12.1 Å². The van der Waals surface area contributed by atoms with E-state index in [1.54, 1.807) is 6.08 Å². The van der Waals surface area contributed by atoms with Crippen LogP contribution in [0.4, 0.5) is 0 Å². The van der Waals surface area contributed by atoms with Crippen LogP contribution >= 0.6 is 0 Å². The lowest BCUT2D eigenvalue weighted by molar-refractivity contribution is -0.145. The molecule has 0 aliphatic carbocycles. The molecule has 0 saturated carbocycles. The van der Waals surface area contributed by atoms with Gasteiger partial charge >= 0.3 is 5.97 Å². The Morgan fingerprint density at radius 1 is 1.36 bits per heavy atom. The Morgan fingerprint density at radius 2 is 2.14 bits per heavy atom. The fourth-order valence-electron chi connectivity index (χ4n) is 2.02. The first-order valence-electron chi connectivity index (χ1n) is 7.79. The molecule has 0 saturated heterocycles. The summed E-state index contributed by atoms with van der Waals surface area (Å²) in [5.74, 6) is 0.683. The Bertz CT molecular complexity index is 483. The standard InChI is InChI=1S/C18H26O3Si/c1-5-16-12-15(9-10-17(16)21-14(2)3)13-20-18(19)8-6-7-11-22-4/h5,9-10,12,14H,1,6-8,11,13H2,2-4H3. The van der Waals surface area contributed by atoms with Crippen LogP contribution in [0, 0.1) is 0 Å². The van der Waals surface area contributed by atoms with E-state index in [9.17, 15) is 4.79 Å². The summed E-state index contributed by atoms with van der Waals surface area (Å²) in [6, 6.07) is 6.99. The lowest BCUT2D eigenvalue weighted by atomic mass is 10.1. The maximum Gasteiger partial charge on any atom is 0.306 e. The van der Waals surface area contributed by atoms with Crippen molar-refractivity contribution in [1.29, 1.82) is 0 Å². The molecule has 0 N–H and O–H groups in total. The molecule has 0 spiro atoms. The Morgan fingerprint density at radius 3 is 2.77 bits per heavy atom. The van der Waals surface area contributed by atoms with Crippen molar-refractivity contribution in [1.82, 2.24) is 0 Å². The molecule has 0 aliphatic heterocycles. The molecule has 1 aromatic rings. The van der Waals surface area contributed by atoms with Crippen LogP contribution in [0.1, 0.15) is 44.2 Å². The second-order valence-corrected chi connectivity index (χ2v) is 6.67. The minimum atomic E-state index is -0.123. The SMILES string of the molecule is C=Cc1cc(COC(=O)CCCC[Si]C)ccc1OC(C)C. The molecular formula is C18H26O3Si. The molecule has 22 heavy (non-hydrogen) atoms. The fourth-order valence-corrected chi connectivity index (χ4v) is 2.62. The zero-order valence-electron chi connectivity index (χ0n) is 13.9. The van der Waals surface area contributed by atoms with Crippen molar-refractivity contribution in [3.63, 3.8) is 0 Å². The van der Waals surface area contributed by atoms with Crippen LogP contribution in [0.25, 0.3) is 6.08 Å². The fraction of sp³-hybridized carbons (Fsp3) is 0.500. The topological polar surface area (TPSA) is 35.5 Å². The Kier molecular flexibility index (Phi) is 8.59. The minimum Gasteiger partial charge on any atom is -0.490 e. The number of hydrogen-bond acceptors (Lipinski definition) is 3. The van der Waals surface area contributed by atoms with Gasteiger partial charge in [0.1, 0.15) is 12.4 Å². The summed E-state index contributed by atoms with van der Waals surface area (Å²) in [5.41, 5.74) is 1.88. The van der Waals surface area contributed by atoms with Crippen LogP contribution < -0.4 is 4.74 Å². The van der Waals surface area contributed by atoms with Crippen molar-refractivity contribution in [2.24, 2.45) is 0 Å². The van der Waals surface area contributed by atoms with Crippen molar-refractivity contribution in [3.05, 3.63) is 35.9 Å². The molecule has 0 bridgehead atoms. The number of carbonyl (C=O) groups excluding carboxylic acids is 1. The van der Waals surface area contributed by atoms with E-state index in [1.807, 2.05) is 32.0 Å². The van der Waals surface area contributed by atoms with Gasteiger partial charge in [0.25, 0.3) is 0 Å². The molecule has 1 rings (SSSR count). The highest BCUT2D eigenvalue weighted by atomic mass is 28.2. The zero-order valence-corrected chi connectivity index (χ0v) is 14.9. The van der Waals surface area contributed by atoms with Gasteiger partial charge in [-0.15, -0.1) is 0 Å². The van der Waals surface area contributed by atoms with Crippen LogP contribution in [-0.2, 0) is 16.1 Å². The molecule has 4 heteroatoms. The van der Waals surface area contributed by atoms with Gasteiger partial charge in [0.15, 0.2) is 0 Å². The summed E-state index contributed by atoms with van der Waals surface area (Å²) in [6.07, 6.45) is 4.40. The van der Waals surface area contributed by atoms with E-state index >= 15 is 0 Å². The highest BCUT2D eigenvalue weighted by Crippen LogP contribution is 2.23. The van der Waals surface area contributed by atoms with E-state index in [1.165, 1.54) is 6.04 Å². The minimum absolute atomic E-state index is 0.117. The molecule has 120 valence electrons. The van der Waals surface area contributed by atoms with Crippen LogP contribution in [0.15, 0.2) is 24.8 Å². The maximum absolute atomic E-state index is 11.7. The molecule has 0 atom stereocenters. The van der Waals surface area contributed by atoms with Gasteiger partial charge in [-0.1, -0.05) is 37.7 Å². The van der Waals surface area contributed by atoms with Gasteiger partial charge in [-0.2, -0.15) is 0 Å².